The Morgan fingerprint density at radius 1 is 1.19 bits per heavy atom. The lowest BCUT2D eigenvalue weighted by Crippen LogP contribution is -2.04. The molecule has 4 nitrogen and oxygen atoms in total. The Hall–Kier alpha value is -2.01. The second-order valence-corrected chi connectivity index (χ2v) is 5.30. The quantitative estimate of drug-likeness (QED) is 0.832. The number of methoxy groups -OCH3 is 2. The van der Waals surface area contributed by atoms with Crippen molar-refractivity contribution in [3.63, 3.8) is 0 Å². The number of carbonyl (C=O) groups is 1. The lowest BCUT2D eigenvalue weighted by Gasteiger charge is -2.11. The van der Waals surface area contributed by atoms with E-state index in [2.05, 4.69) is 21.2 Å². The standard InChI is InChI=1S/C16H16BrNO3/c1-20-15-7-6-13(17)8-12(15)10-18-14-5-3-4-11(9-14)16(19)21-2/h3-9,18H,10H2,1-2H3. The number of carbonyl (C=O) groups excluding carboxylic acids is 1. The van der Waals surface area contributed by atoms with Gasteiger partial charge in [-0.05, 0) is 36.4 Å². The van der Waals surface area contributed by atoms with Crippen LogP contribution in [0.3, 0.4) is 0 Å². The molecule has 0 unspecified atom stereocenters. The number of esters is 1. The summed E-state index contributed by atoms with van der Waals surface area (Å²) < 4.78 is 11.0. The predicted octanol–water partition coefficient (Wildman–Crippen LogP) is 3.86. The molecule has 0 fully saturated rings. The fourth-order valence-corrected chi connectivity index (χ4v) is 2.37. The first-order valence-electron chi connectivity index (χ1n) is 6.38. The van der Waals surface area contributed by atoms with Gasteiger partial charge in [0.2, 0.25) is 0 Å². The molecule has 21 heavy (non-hydrogen) atoms. The van der Waals surface area contributed by atoms with Gasteiger partial charge in [0, 0.05) is 22.3 Å². The van der Waals surface area contributed by atoms with Gasteiger partial charge < -0.3 is 14.8 Å². The van der Waals surface area contributed by atoms with Crippen LogP contribution in [-0.4, -0.2) is 20.2 Å². The van der Waals surface area contributed by atoms with Gasteiger partial charge in [0.05, 0.1) is 19.8 Å². The lowest BCUT2D eigenvalue weighted by atomic mass is 10.1. The summed E-state index contributed by atoms with van der Waals surface area (Å²) in [5.41, 5.74) is 2.39. The second-order valence-electron chi connectivity index (χ2n) is 4.38. The number of anilines is 1. The topological polar surface area (TPSA) is 47.6 Å². The number of ether oxygens (including phenoxy) is 2. The van der Waals surface area contributed by atoms with E-state index in [0.29, 0.717) is 12.1 Å². The molecule has 0 aromatic heterocycles. The molecule has 0 aliphatic heterocycles. The van der Waals surface area contributed by atoms with Gasteiger partial charge >= 0.3 is 5.97 Å². The summed E-state index contributed by atoms with van der Waals surface area (Å²) >= 11 is 3.45. The highest BCUT2D eigenvalue weighted by Crippen LogP contribution is 2.24. The van der Waals surface area contributed by atoms with Crippen LogP contribution in [0.5, 0.6) is 5.75 Å². The summed E-state index contributed by atoms with van der Waals surface area (Å²) in [6, 6.07) is 13.0. The Bertz CT molecular complexity index is 643. The Morgan fingerprint density at radius 2 is 2.00 bits per heavy atom. The Labute approximate surface area is 132 Å². The summed E-state index contributed by atoms with van der Waals surface area (Å²) in [5.74, 6) is 0.466. The van der Waals surface area contributed by atoms with Gasteiger partial charge in [0.15, 0.2) is 0 Å². The Balaban J connectivity index is 2.13. The third-order valence-corrected chi connectivity index (χ3v) is 3.50. The molecule has 0 aliphatic rings. The molecular weight excluding hydrogens is 334 g/mol. The molecule has 0 aliphatic carbocycles. The average Bonchev–Trinajstić information content (AvgIpc) is 2.52. The third-order valence-electron chi connectivity index (χ3n) is 3.01. The minimum Gasteiger partial charge on any atom is -0.496 e. The van der Waals surface area contributed by atoms with Crippen molar-refractivity contribution in [2.75, 3.05) is 19.5 Å². The fraction of sp³-hybridized carbons (Fsp3) is 0.188. The van der Waals surface area contributed by atoms with Crippen molar-refractivity contribution in [3.8, 4) is 5.75 Å². The van der Waals surface area contributed by atoms with Gasteiger partial charge in [0.1, 0.15) is 5.75 Å². The molecule has 5 heteroatoms. The van der Waals surface area contributed by atoms with E-state index < -0.39 is 0 Å². The molecule has 2 aromatic rings. The van der Waals surface area contributed by atoms with Crippen LogP contribution in [0.15, 0.2) is 46.9 Å². The zero-order chi connectivity index (χ0) is 15.2. The highest BCUT2D eigenvalue weighted by Gasteiger charge is 2.07. The van der Waals surface area contributed by atoms with Crippen LogP contribution in [0.4, 0.5) is 5.69 Å². The van der Waals surface area contributed by atoms with E-state index >= 15 is 0 Å². The maximum atomic E-state index is 11.5. The van der Waals surface area contributed by atoms with Crippen LogP contribution >= 0.6 is 15.9 Å². The number of rotatable bonds is 5. The van der Waals surface area contributed by atoms with E-state index in [1.54, 1.807) is 19.2 Å². The van der Waals surface area contributed by atoms with Gasteiger partial charge in [-0.25, -0.2) is 4.79 Å². The fourth-order valence-electron chi connectivity index (χ4n) is 1.96. The van der Waals surface area contributed by atoms with Crippen molar-refractivity contribution < 1.29 is 14.3 Å². The average molecular weight is 350 g/mol. The molecule has 0 heterocycles. The van der Waals surface area contributed by atoms with E-state index in [1.807, 2.05) is 30.3 Å². The molecule has 0 bridgehead atoms. The molecule has 0 saturated heterocycles. The van der Waals surface area contributed by atoms with Gasteiger partial charge in [-0.3, -0.25) is 0 Å². The first-order chi connectivity index (χ1) is 10.1. The zero-order valence-electron chi connectivity index (χ0n) is 11.9. The van der Waals surface area contributed by atoms with Crippen LogP contribution in [0, 0.1) is 0 Å². The largest absolute Gasteiger partial charge is 0.496 e. The van der Waals surface area contributed by atoms with E-state index in [4.69, 9.17) is 9.47 Å². The molecule has 0 spiro atoms. The monoisotopic (exact) mass is 349 g/mol. The maximum absolute atomic E-state index is 11.5. The van der Waals surface area contributed by atoms with E-state index in [1.165, 1.54) is 7.11 Å². The van der Waals surface area contributed by atoms with Crippen LogP contribution in [0.25, 0.3) is 0 Å². The SMILES string of the molecule is COC(=O)c1cccc(NCc2cc(Br)ccc2OC)c1. The number of benzene rings is 2. The number of halogens is 1. The van der Waals surface area contributed by atoms with Gasteiger partial charge in [0.25, 0.3) is 0 Å². The first kappa shape index (κ1) is 15.4. The van der Waals surface area contributed by atoms with Crippen LogP contribution < -0.4 is 10.1 Å². The van der Waals surface area contributed by atoms with E-state index in [-0.39, 0.29) is 5.97 Å². The zero-order valence-corrected chi connectivity index (χ0v) is 13.4. The minimum atomic E-state index is -0.348. The summed E-state index contributed by atoms with van der Waals surface area (Å²) in [4.78, 5) is 11.5. The number of hydrogen-bond donors (Lipinski definition) is 1. The Kier molecular flexibility index (Phi) is 5.22. The minimum absolute atomic E-state index is 0.348. The van der Waals surface area contributed by atoms with Crippen LogP contribution in [0.2, 0.25) is 0 Å². The molecule has 2 aromatic carbocycles. The predicted molar refractivity (Wildman–Crippen MR) is 85.8 cm³/mol. The summed E-state index contributed by atoms with van der Waals surface area (Å²) in [5, 5.41) is 3.27. The highest BCUT2D eigenvalue weighted by atomic mass is 79.9. The summed E-state index contributed by atoms with van der Waals surface area (Å²) in [7, 11) is 3.01. The van der Waals surface area contributed by atoms with E-state index in [0.717, 1.165) is 21.5 Å². The lowest BCUT2D eigenvalue weighted by molar-refractivity contribution is 0.0601. The molecule has 0 atom stereocenters. The van der Waals surface area contributed by atoms with Crippen molar-refractivity contribution in [1.29, 1.82) is 0 Å². The van der Waals surface area contributed by atoms with Crippen LogP contribution in [0.1, 0.15) is 15.9 Å². The third kappa shape index (κ3) is 3.98. The molecule has 110 valence electrons. The normalized spacial score (nSPS) is 10.0. The maximum Gasteiger partial charge on any atom is 0.337 e. The molecule has 1 N–H and O–H groups in total. The highest BCUT2D eigenvalue weighted by molar-refractivity contribution is 9.10. The molecule has 0 amide bonds. The Morgan fingerprint density at radius 3 is 2.71 bits per heavy atom. The van der Waals surface area contributed by atoms with Gasteiger partial charge in [-0.15, -0.1) is 0 Å². The number of hydrogen-bond acceptors (Lipinski definition) is 4. The van der Waals surface area contributed by atoms with Gasteiger partial charge in [-0.2, -0.15) is 0 Å². The molecule has 0 radical (unpaired) electrons. The smallest absolute Gasteiger partial charge is 0.337 e. The van der Waals surface area contributed by atoms with Gasteiger partial charge in [-0.1, -0.05) is 22.0 Å². The van der Waals surface area contributed by atoms with Crippen molar-refractivity contribution in [1.82, 2.24) is 0 Å². The molecule has 2 rings (SSSR count). The second kappa shape index (κ2) is 7.13. The van der Waals surface area contributed by atoms with Crippen molar-refractivity contribution in [2.24, 2.45) is 0 Å². The van der Waals surface area contributed by atoms with Crippen molar-refractivity contribution in [3.05, 3.63) is 58.1 Å². The van der Waals surface area contributed by atoms with Crippen molar-refractivity contribution in [2.45, 2.75) is 6.54 Å². The summed E-state index contributed by atoms with van der Waals surface area (Å²) in [6.45, 7) is 0.591. The number of nitrogens with one attached hydrogen (secondary N) is 1. The molecular formula is C16H16BrNO3. The first-order valence-corrected chi connectivity index (χ1v) is 7.18. The van der Waals surface area contributed by atoms with Crippen molar-refractivity contribution >= 4 is 27.6 Å². The summed E-state index contributed by atoms with van der Waals surface area (Å²) in [6.07, 6.45) is 0. The molecule has 0 saturated carbocycles. The van der Waals surface area contributed by atoms with Crippen LogP contribution in [-0.2, 0) is 11.3 Å². The van der Waals surface area contributed by atoms with E-state index in [9.17, 15) is 4.79 Å².